The summed E-state index contributed by atoms with van der Waals surface area (Å²) in [5, 5.41) is 2.99. The molecule has 1 saturated heterocycles. The second-order valence-electron chi connectivity index (χ2n) is 5.94. The van der Waals surface area contributed by atoms with Gasteiger partial charge in [-0.15, -0.1) is 11.8 Å². The van der Waals surface area contributed by atoms with Crippen LogP contribution in [-0.2, 0) is 14.6 Å². The maximum Gasteiger partial charge on any atom is 0.230 e. The quantitative estimate of drug-likeness (QED) is 0.803. The number of nitrogens with one attached hydrogen (secondary N) is 1. The van der Waals surface area contributed by atoms with Gasteiger partial charge in [0.15, 0.2) is 9.84 Å². The number of sulfone groups is 1. The van der Waals surface area contributed by atoms with Gasteiger partial charge in [-0.05, 0) is 25.5 Å². The Bertz CT molecular complexity index is 619. The SMILES string of the molecule is C[C@H](CNC(=O)CS[C@@H]1CCS(=O)(=O)C1)N(C)c1ccccc1. The summed E-state index contributed by atoms with van der Waals surface area (Å²) in [4.78, 5) is 14.0. The summed E-state index contributed by atoms with van der Waals surface area (Å²) in [7, 11) is -0.866. The van der Waals surface area contributed by atoms with Gasteiger partial charge in [-0.3, -0.25) is 4.79 Å². The van der Waals surface area contributed by atoms with Gasteiger partial charge < -0.3 is 10.2 Å². The van der Waals surface area contributed by atoms with E-state index in [1.54, 1.807) is 0 Å². The lowest BCUT2D eigenvalue weighted by atomic mass is 10.2. The molecule has 0 radical (unpaired) electrons. The minimum absolute atomic E-state index is 0.0346. The number of carbonyl (C=O) groups excluding carboxylic acids is 1. The van der Waals surface area contributed by atoms with E-state index in [0.717, 1.165) is 5.69 Å². The fourth-order valence-corrected chi connectivity index (χ4v) is 5.93. The van der Waals surface area contributed by atoms with E-state index in [9.17, 15) is 13.2 Å². The molecule has 1 N–H and O–H groups in total. The fraction of sp³-hybridized carbons (Fsp3) is 0.562. The lowest BCUT2D eigenvalue weighted by molar-refractivity contribution is -0.118. The third-order valence-electron chi connectivity index (χ3n) is 4.06. The van der Waals surface area contributed by atoms with Crippen molar-refractivity contribution >= 4 is 33.2 Å². The van der Waals surface area contributed by atoms with Gasteiger partial charge in [0.1, 0.15) is 0 Å². The number of amides is 1. The zero-order valence-corrected chi connectivity index (χ0v) is 15.2. The fourth-order valence-electron chi connectivity index (χ4n) is 2.45. The van der Waals surface area contributed by atoms with Crippen LogP contribution in [0, 0.1) is 0 Å². The molecule has 0 saturated carbocycles. The zero-order valence-electron chi connectivity index (χ0n) is 13.6. The van der Waals surface area contributed by atoms with Crippen molar-refractivity contribution in [2.45, 2.75) is 24.6 Å². The van der Waals surface area contributed by atoms with Gasteiger partial charge in [0.2, 0.25) is 5.91 Å². The molecule has 23 heavy (non-hydrogen) atoms. The highest BCUT2D eigenvalue weighted by atomic mass is 32.2. The van der Waals surface area contributed by atoms with Crippen LogP contribution in [0.1, 0.15) is 13.3 Å². The smallest absolute Gasteiger partial charge is 0.230 e. The summed E-state index contributed by atoms with van der Waals surface area (Å²) in [6.45, 7) is 2.62. The Morgan fingerprint density at radius 3 is 2.70 bits per heavy atom. The van der Waals surface area contributed by atoms with Crippen molar-refractivity contribution in [2.24, 2.45) is 0 Å². The van der Waals surface area contributed by atoms with E-state index in [-0.39, 0.29) is 28.7 Å². The number of thioether (sulfide) groups is 1. The lowest BCUT2D eigenvalue weighted by Crippen LogP contribution is -2.41. The average molecular weight is 357 g/mol. The molecule has 5 nitrogen and oxygen atoms in total. The highest BCUT2D eigenvalue weighted by Crippen LogP contribution is 2.24. The van der Waals surface area contributed by atoms with Crippen LogP contribution in [0.5, 0.6) is 0 Å². The van der Waals surface area contributed by atoms with Crippen LogP contribution in [0.2, 0.25) is 0 Å². The normalized spacial score (nSPS) is 20.9. The molecular formula is C16H24N2O3S2. The molecule has 0 bridgehead atoms. The van der Waals surface area contributed by atoms with Gasteiger partial charge in [0.25, 0.3) is 0 Å². The molecule has 1 aliphatic rings. The molecule has 1 heterocycles. The second kappa shape index (κ2) is 8.06. The Morgan fingerprint density at radius 2 is 2.09 bits per heavy atom. The van der Waals surface area contributed by atoms with E-state index in [0.29, 0.717) is 18.7 Å². The van der Waals surface area contributed by atoms with Crippen molar-refractivity contribution in [1.82, 2.24) is 5.32 Å². The van der Waals surface area contributed by atoms with E-state index < -0.39 is 9.84 Å². The number of likely N-dealkylation sites (N-methyl/N-ethyl adjacent to an activating group) is 1. The largest absolute Gasteiger partial charge is 0.370 e. The monoisotopic (exact) mass is 356 g/mol. The van der Waals surface area contributed by atoms with Crippen molar-refractivity contribution in [2.75, 3.05) is 35.8 Å². The molecule has 0 aliphatic carbocycles. The summed E-state index contributed by atoms with van der Waals surface area (Å²) in [5.74, 6) is 0.748. The number of benzene rings is 1. The molecule has 1 fully saturated rings. The molecule has 128 valence electrons. The molecule has 0 aromatic heterocycles. The molecule has 1 aromatic carbocycles. The average Bonchev–Trinajstić information content (AvgIpc) is 2.89. The molecule has 1 amide bonds. The topological polar surface area (TPSA) is 66.5 Å². The van der Waals surface area contributed by atoms with Crippen LogP contribution in [0.15, 0.2) is 30.3 Å². The number of anilines is 1. The summed E-state index contributed by atoms with van der Waals surface area (Å²) in [6.07, 6.45) is 0.660. The van der Waals surface area contributed by atoms with Gasteiger partial charge in [0.05, 0.1) is 17.3 Å². The van der Waals surface area contributed by atoms with Gasteiger partial charge in [0, 0.05) is 30.6 Å². The summed E-state index contributed by atoms with van der Waals surface area (Å²) in [6, 6.07) is 10.2. The molecule has 1 aliphatic heterocycles. The highest BCUT2D eigenvalue weighted by molar-refractivity contribution is 8.02. The van der Waals surface area contributed by atoms with E-state index in [1.807, 2.05) is 37.4 Å². The Morgan fingerprint density at radius 1 is 1.39 bits per heavy atom. The number of para-hydroxylation sites is 1. The zero-order chi connectivity index (χ0) is 16.9. The van der Waals surface area contributed by atoms with E-state index in [2.05, 4.69) is 17.1 Å². The first kappa shape index (κ1) is 18.1. The van der Waals surface area contributed by atoms with E-state index in [1.165, 1.54) is 11.8 Å². The maximum absolute atomic E-state index is 11.9. The molecule has 2 rings (SSSR count). The van der Waals surface area contributed by atoms with Crippen molar-refractivity contribution in [3.8, 4) is 0 Å². The number of nitrogens with zero attached hydrogens (tertiary/aromatic N) is 1. The number of hydrogen-bond donors (Lipinski definition) is 1. The first-order valence-corrected chi connectivity index (χ1v) is 10.6. The van der Waals surface area contributed by atoms with Crippen molar-refractivity contribution in [3.63, 3.8) is 0 Å². The Labute approximate surface area is 142 Å². The Balaban J connectivity index is 1.70. The lowest BCUT2D eigenvalue weighted by Gasteiger charge is -2.27. The van der Waals surface area contributed by atoms with Crippen LogP contribution in [-0.4, -0.2) is 56.5 Å². The number of carbonyl (C=O) groups is 1. The molecule has 2 atom stereocenters. The van der Waals surface area contributed by atoms with Crippen LogP contribution in [0.4, 0.5) is 5.69 Å². The van der Waals surface area contributed by atoms with Gasteiger partial charge in [-0.1, -0.05) is 18.2 Å². The van der Waals surface area contributed by atoms with Crippen molar-refractivity contribution in [3.05, 3.63) is 30.3 Å². The molecular weight excluding hydrogens is 332 g/mol. The first-order chi connectivity index (χ1) is 10.9. The predicted octanol–water partition coefficient (Wildman–Crippen LogP) is 1.55. The Hall–Kier alpha value is -1.21. The minimum Gasteiger partial charge on any atom is -0.370 e. The summed E-state index contributed by atoms with van der Waals surface area (Å²) < 4.78 is 22.8. The van der Waals surface area contributed by atoms with E-state index >= 15 is 0 Å². The highest BCUT2D eigenvalue weighted by Gasteiger charge is 2.28. The van der Waals surface area contributed by atoms with Gasteiger partial charge in [-0.25, -0.2) is 8.42 Å². The second-order valence-corrected chi connectivity index (χ2v) is 9.45. The number of rotatable bonds is 7. The summed E-state index contributed by atoms with van der Waals surface area (Å²) in [5.41, 5.74) is 1.11. The molecule has 0 unspecified atom stereocenters. The third kappa shape index (κ3) is 5.73. The summed E-state index contributed by atoms with van der Waals surface area (Å²) >= 11 is 1.45. The van der Waals surface area contributed by atoms with Crippen LogP contribution in [0.3, 0.4) is 0 Å². The van der Waals surface area contributed by atoms with Crippen LogP contribution in [0.25, 0.3) is 0 Å². The van der Waals surface area contributed by atoms with Crippen molar-refractivity contribution in [1.29, 1.82) is 0 Å². The number of hydrogen-bond acceptors (Lipinski definition) is 5. The molecule has 1 aromatic rings. The Kier molecular flexibility index (Phi) is 6.35. The molecule has 0 spiro atoms. The minimum atomic E-state index is -2.87. The van der Waals surface area contributed by atoms with Gasteiger partial charge >= 0.3 is 0 Å². The van der Waals surface area contributed by atoms with Crippen LogP contribution < -0.4 is 10.2 Å². The van der Waals surface area contributed by atoms with E-state index in [4.69, 9.17) is 0 Å². The standard InChI is InChI=1S/C16H24N2O3S2/c1-13(18(2)14-6-4-3-5-7-14)10-17-16(19)11-22-15-8-9-23(20,21)12-15/h3-7,13,15H,8-12H2,1-2H3,(H,17,19)/t13-,15-/m1/s1. The van der Waals surface area contributed by atoms with Crippen LogP contribution >= 0.6 is 11.8 Å². The third-order valence-corrected chi connectivity index (χ3v) is 7.34. The van der Waals surface area contributed by atoms with Gasteiger partial charge in [-0.2, -0.15) is 0 Å². The molecule has 7 heteroatoms. The predicted molar refractivity (Wildman–Crippen MR) is 96.8 cm³/mol. The maximum atomic E-state index is 11.9. The van der Waals surface area contributed by atoms with Crippen molar-refractivity contribution < 1.29 is 13.2 Å². The first-order valence-electron chi connectivity index (χ1n) is 7.74.